The van der Waals surface area contributed by atoms with Gasteiger partial charge < -0.3 is 19.1 Å². The maximum atomic E-state index is 14.9. The van der Waals surface area contributed by atoms with Gasteiger partial charge in [-0.1, -0.05) is 32.4 Å². The summed E-state index contributed by atoms with van der Waals surface area (Å²) < 4.78 is 85.9. The first-order valence-corrected chi connectivity index (χ1v) is 21.1. The highest BCUT2D eigenvalue weighted by Gasteiger charge is 2.62. The van der Waals surface area contributed by atoms with Crippen molar-refractivity contribution in [2.75, 3.05) is 13.7 Å². The van der Waals surface area contributed by atoms with E-state index in [1.807, 2.05) is 26.0 Å². The Labute approximate surface area is 330 Å². The molecule has 7 atom stereocenters. The molecule has 1 saturated heterocycles. The number of methoxy groups -OCH3 is 1. The van der Waals surface area contributed by atoms with E-state index in [2.05, 4.69) is 14.7 Å². The molecular formula is C40H51F3N4O9S. The van der Waals surface area contributed by atoms with E-state index in [-0.39, 0.29) is 37.6 Å². The molecule has 2 aliphatic heterocycles. The van der Waals surface area contributed by atoms with Crippen LogP contribution in [0.4, 0.5) is 13.2 Å². The van der Waals surface area contributed by atoms with Gasteiger partial charge in [0.25, 0.3) is 0 Å². The number of amides is 2. The van der Waals surface area contributed by atoms with Crippen LogP contribution in [0.2, 0.25) is 0 Å². The molecule has 6 rings (SSSR count). The lowest BCUT2D eigenvalue weighted by molar-refractivity contribution is -0.257. The van der Waals surface area contributed by atoms with E-state index in [1.54, 1.807) is 18.2 Å². The monoisotopic (exact) mass is 820 g/mol. The number of rotatable bonds is 10. The fourth-order valence-electron chi connectivity index (χ4n) is 8.14. The summed E-state index contributed by atoms with van der Waals surface area (Å²) >= 11 is 0. The van der Waals surface area contributed by atoms with E-state index in [4.69, 9.17) is 14.2 Å². The number of hydrogen-bond donors (Lipinski definition) is 1. The Bertz CT molecular complexity index is 2020. The molecule has 3 fully saturated rings. The third-order valence-electron chi connectivity index (χ3n) is 12.0. The Hall–Kier alpha value is -4.28. The standard InChI is InChI=1S/C40H51F3N4O9S/c1-6-24-15-23(2)9-7-8-10-25-19-39(25,37(51)46-57(52,53)28-12-13-28)20-33(48)32-17-27(55-34-21-44-30-14-11-26(54-5)16-31(30)45-34)22-47(32)36(50)29(24)18-35(49)56-38(3,4)40(41,42)43/h8,10-11,14,16,21,23-25,27-29,32H,6-7,9,12-13,15,17-20,22H2,1-5H3,(H,46,51)/b10-8-/t23-,24-,25-,27-,29+,32+,39-/m1/s1. The molecule has 0 bridgehead atoms. The summed E-state index contributed by atoms with van der Waals surface area (Å²) in [6.45, 7) is 5.18. The number of ketones is 1. The topological polar surface area (TPSA) is 171 Å². The normalized spacial score (nSPS) is 29.4. The smallest absolute Gasteiger partial charge is 0.427 e. The highest BCUT2D eigenvalue weighted by molar-refractivity contribution is 7.90. The second kappa shape index (κ2) is 16.2. The van der Waals surface area contributed by atoms with E-state index < -0.39 is 92.4 Å². The zero-order valence-electron chi connectivity index (χ0n) is 32.8. The first-order valence-electron chi connectivity index (χ1n) is 19.6. The van der Waals surface area contributed by atoms with Crippen molar-refractivity contribution in [1.29, 1.82) is 0 Å². The highest BCUT2D eigenvalue weighted by Crippen LogP contribution is 2.57. The van der Waals surface area contributed by atoms with Gasteiger partial charge in [-0.3, -0.25) is 23.9 Å². The van der Waals surface area contributed by atoms with Gasteiger partial charge in [-0.25, -0.2) is 18.4 Å². The number of allylic oxidation sites excluding steroid dienone is 2. The fraction of sp³-hybridized carbons (Fsp3) is 0.650. The fourth-order valence-corrected chi connectivity index (χ4v) is 9.52. The highest BCUT2D eigenvalue weighted by atomic mass is 32.2. The molecule has 2 amide bonds. The van der Waals surface area contributed by atoms with Crippen LogP contribution in [0.15, 0.2) is 36.5 Å². The molecule has 0 spiro atoms. The van der Waals surface area contributed by atoms with Crippen LogP contribution in [0.25, 0.3) is 11.0 Å². The Kier molecular flexibility index (Phi) is 12.0. The molecule has 1 N–H and O–H groups in total. The van der Waals surface area contributed by atoms with Gasteiger partial charge in [0, 0.05) is 18.9 Å². The average molecular weight is 821 g/mol. The molecule has 4 aliphatic rings. The zero-order chi connectivity index (χ0) is 41.5. The molecule has 57 heavy (non-hydrogen) atoms. The van der Waals surface area contributed by atoms with Gasteiger partial charge >= 0.3 is 12.1 Å². The number of hydrogen-bond acceptors (Lipinski definition) is 11. The minimum absolute atomic E-state index is 0.0239. The number of aromatic nitrogens is 2. The van der Waals surface area contributed by atoms with Crippen LogP contribution in [-0.4, -0.2) is 89.7 Å². The van der Waals surface area contributed by atoms with Gasteiger partial charge in [0.05, 0.1) is 59.9 Å². The molecule has 13 nitrogen and oxygen atoms in total. The van der Waals surface area contributed by atoms with Gasteiger partial charge in [0.2, 0.25) is 33.3 Å². The van der Waals surface area contributed by atoms with Crippen LogP contribution in [0.3, 0.4) is 0 Å². The van der Waals surface area contributed by atoms with Crippen molar-refractivity contribution >= 4 is 44.6 Å². The molecule has 0 unspecified atom stereocenters. The Morgan fingerprint density at radius 1 is 1.09 bits per heavy atom. The number of nitrogens with zero attached hydrogens (tertiary/aromatic N) is 3. The molecule has 3 heterocycles. The number of nitrogens with one attached hydrogen (secondary N) is 1. The van der Waals surface area contributed by atoms with Gasteiger partial charge in [-0.15, -0.1) is 0 Å². The van der Waals surface area contributed by atoms with Gasteiger partial charge in [-0.2, -0.15) is 13.2 Å². The van der Waals surface area contributed by atoms with Crippen molar-refractivity contribution in [3.63, 3.8) is 0 Å². The summed E-state index contributed by atoms with van der Waals surface area (Å²) in [6, 6.07) is 3.95. The third-order valence-corrected chi connectivity index (χ3v) is 13.8. The van der Waals surface area contributed by atoms with E-state index in [0.29, 0.717) is 55.3 Å². The molecule has 2 aromatic rings. The van der Waals surface area contributed by atoms with Crippen LogP contribution in [0.1, 0.15) is 91.9 Å². The summed E-state index contributed by atoms with van der Waals surface area (Å²) in [4.78, 5) is 66.8. The lowest BCUT2D eigenvalue weighted by Crippen LogP contribution is -2.48. The molecule has 1 aromatic heterocycles. The predicted octanol–water partition coefficient (Wildman–Crippen LogP) is 5.85. The number of halogens is 3. The number of esters is 1. The molecule has 17 heteroatoms. The van der Waals surface area contributed by atoms with Crippen LogP contribution >= 0.6 is 0 Å². The van der Waals surface area contributed by atoms with E-state index in [1.165, 1.54) is 18.2 Å². The SMILES string of the molecule is CC[C@@H]1C[C@H](C)CC/C=C\[C@@H]2C[C@@]2(C(=O)NS(=O)(=O)C2CC2)CC(=O)[C@@H]2C[C@@H](Oc3cnc4ccc(OC)cc4n3)CN2C(=O)[C@H]1CC(=O)OC(C)(C)C(F)(F)F. The van der Waals surface area contributed by atoms with Crippen molar-refractivity contribution in [2.45, 2.75) is 121 Å². The summed E-state index contributed by atoms with van der Waals surface area (Å²) in [5.74, 6) is -4.45. The zero-order valence-corrected chi connectivity index (χ0v) is 33.7. The summed E-state index contributed by atoms with van der Waals surface area (Å²) in [7, 11) is -2.42. The van der Waals surface area contributed by atoms with Crippen molar-refractivity contribution in [1.82, 2.24) is 19.6 Å². The van der Waals surface area contributed by atoms with Crippen molar-refractivity contribution in [3.8, 4) is 11.6 Å². The van der Waals surface area contributed by atoms with Crippen molar-refractivity contribution in [2.24, 2.45) is 29.1 Å². The number of carbonyl (C=O) groups excluding carboxylic acids is 4. The minimum Gasteiger partial charge on any atom is -0.497 e. The van der Waals surface area contributed by atoms with Crippen LogP contribution in [0, 0.1) is 29.1 Å². The maximum Gasteiger partial charge on any atom is 0.427 e. The Balaban J connectivity index is 1.35. The minimum atomic E-state index is -4.87. The summed E-state index contributed by atoms with van der Waals surface area (Å²) in [6.07, 6.45) is 1.69. The quantitative estimate of drug-likeness (QED) is 0.225. The molecule has 2 saturated carbocycles. The number of benzene rings is 1. The van der Waals surface area contributed by atoms with Crippen molar-refractivity contribution < 1.29 is 55.0 Å². The number of sulfonamides is 1. The lowest BCUT2D eigenvalue weighted by atomic mass is 9.79. The van der Waals surface area contributed by atoms with Gasteiger partial charge in [0.15, 0.2) is 5.78 Å². The Morgan fingerprint density at radius 3 is 2.49 bits per heavy atom. The maximum absolute atomic E-state index is 14.9. The number of Topliss-reactive ketones (excluding diaryl/α,β-unsaturated/α-hetero) is 1. The molecule has 312 valence electrons. The first kappa shape index (κ1) is 42.3. The first-order chi connectivity index (χ1) is 26.8. The van der Waals surface area contributed by atoms with Crippen LogP contribution in [-0.2, 0) is 33.9 Å². The Morgan fingerprint density at radius 2 is 1.82 bits per heavy atom. The number of carbonyl (C=O) groups is 4. The van der Waals surface area contributed by atoms with E-state index >= 15 is 0 Å². The summed E-state index contributed by atoms with van der Waals surface area (Å²) in [5, 5.41) is -0.665. The molecule has 1 aromatic carbocycles. The number of fused-ring (bicyclic) bond motifs is 3. The second-order valence-corrected chi connectivity index (χ2v) is 18.6. The van der Waals surface area contributed by atoms with Gasteiger partial charge in [-0.05, 0) is 82.3 Å². The largest absolute Gasteiger partial charge is 0.497 e. The average Bonchev–Trinajstić information content (AvgIpc) is 4.07. The van der Waals surface area contributed by atoms with E-state index in [9.17, 15) is 40.8 Å². The molecule has 2 aliphatic carbocycles. The van der Waals surface area contributed by atoms with Crippen molar-refractivity contribution in [3.05, 3.63) is 36.5 Å². The number of ether oxygens (including phenoxy) is 3. The number of alkyl halides is 3. The van der Waals surface area contributed by atoms with Crippen LogP contribution < -0.4 is 14.2 Å². The lowest BCUT2D eigenvalue weighted by Gasteiger charge is -2.34. The van der Waals surface area contributed by atoms with E-state index in [0.717, 1.165) is 13.8 Å². The summed E-state index contributed by atoms with van der Waals surface area (Å²) in [5.41, 5.74) is -3.14. The molecular weight excluding hydrogens is 770 g/mol. The van der Waals surface area contributed by atoms with Gasteiger partial charge in [0.1, 0.15) is 11.9 Å². The molecule has 0 radical (unpaired) electrons. The van der Waals surface area contributed by atoms with Crippen LogP contribution in [0.5, 0.6) is 11.6 Å². The third kappa shape index (κ3) is 9.38. The second-order valence-electron chi connectivity index (χ2n) is 16.6. The predicted molar refractivity (Wildman–Crippen MR) is 201 cm³/mol.